The Labute approximate surface area is 93.4 Å². The summed E-state index contributed by atoms with van der Waals surface area (Å²) in [5.74, 6) is -0.108. The van der Waals surface area contributed by atoms with Crippen LogP contribution in [0.3, 0.4) is 0 Å². The molecule has 0 aromatic heterocycles. The highest BCUT2D eigenvalue weighted by atomic mass is 16.6. The van der Waals surface area contributed by atoms with Crippen molar-refractivity contribution in [3.8, 4) is 5.75 Å². The summed E-state index contributed by atoms with van der Waals surface area (Å²) >= 11 is 0. The maximum Gasteiger partial charge on any atom is 0.277 e. The molecule has 0 fully saturated rings. The van der Waals surface area contributed by atoms with Gasteiger partial charge in [-0.1, -0.05) is 6.08 Å². The first-order valence-corrected chi connectivity index (χ1v) is 4.82. The number of nitrogens with zero attached hydrogens (tertiary/aromatic N) is 1. The fraction of sp³-hybridized carbons (Fsp3) is 0.273. The smallest absolute Gasteiger partial charge is 0.277 e. The minimum atomic E-state index is -0.613. The Hall–Kier alpha value is -1.88. The summed E-state index contributed by atoms with van der Waals surface area (Å²) in [5.41, 5.74) is 6.36. The van der Waals surface area contributed by atoms with Crippen molar-refractivity contribution in [1.82, 2.24) is 0 Å². The summed E-state index contributed by atoms with van der Waals surface area (Å²) in [4.78, 5) is 10.3. The number of hydrogen-bond acceptors (Lipinski definition) is 4. The zero-order valence-electron chi connectivity index (χ0n) is 9.01. The van der Waals surface area contributed by atoms with Gasteiger partial charge in [-0.15, -0.1) is 6.58 Å². The van der Waals surface area contributed by atoms with E-state index in [2.05, 4.69) is 6.58 Å². The Balaban J connectivity index is 3.36. The van der Waals surface area contributed by atoms with E-state index in [4.69, 9.17) is 5.73 Å². The van der Waals surface area contributed by atoms with E-state index in [-0.39, 0.29) is 17.0 Å². The highest BCUT2D eigenvalue weighted by Gasteiger charge is 2.23. The first kappa shape index (κ1) is 12.2. The zero-order chi connectivity index (χ0) is 12.3. The lowest BCUT2D eigenvalue weighted by atomic mass is 9.99. The van der Waals surface area contributed by atoms with Gasteiger partial charge in [0.1, 0.15) is 5.75 Å². The van der Waals surface area contributed by atoms with Crippen LogP contribution in [0, 0.1) is 17.0 Å². The van der Waals surface area contributed by atoms with Crippen LogP contribution in [0.15, 0.2) is 24.8 Å². The molecule has 0 unspecified atom stereocenters. The number of phenols is 1. The Morgan fingerprint density at radius 3 is 2.81 bits per heavy atom. The normalized spacial score (nSPS) is 12.1. The van der Waals surface area contributed by atoms with Gasteiger partial charge in [0.05, 0.1) is 10.5 Å². The Morgan fingerprint density at radius 2 is 2.31 bits per heavy atom. The number of hydrogen-bond donors (Lipinski definition) is 2. The maximum atomic E-state index is 10.8. The van der Waals surface area contributed by atoms with E-state index in [1.165, 1.54) is 12.1 Å². The molecule has 3 N–H and O–H groups in total. The van der Waals surface area contributed by atoms with Gasteiger partial charge in [-0.25, -0.2) is 0 Å². The van der Waals surface area contributed by atoms with Crippen LogP contribution in [0.25, 0.3) is 0 Å². The second-order valence-corrected chi connectivity index (χ2v) is 3.55. The van der Waals surface area contributed by atoms with Crippen LogP contribution in [0.5, 0.6) is 5.75 Å². The van der Waals surface area contributed by atoms with Crippen molar-refractivity contribution in [2.45, 2.75) is 19.4 Å². The Kier molecular flexibility index (Phi) is 3.63. The van der Waals surface area contributed by atoms with E-state index >= 15 is 0 Å². The molecule has 16 heavy (non-hydrogen) atoms. The van der Waals surface area contributed by atoms with Crippen LogP contribution in [0.2, 0.25) is 0 Å². The van der Waals surface area contributed by atoms with Gasteiger partial charge in [-0.3, -0.25) is 10.1 Å². The number of rotatable bonds is 4. The monoisotopic (exact) mass is 222 g/mol. The average Bonchev–Trinajstić information content (AvgIpc) is 2.21. The van der Waals surface area contributed by atoms with Gasteiger partial charge in [-0.2, -0.15) is 0 Å². The van der Waals surface area contributed by atoms with E-state index < -0.39 is 11.0 Å². The number of nitrogens with two attached hydrogens (primary N) is 1. The highest BCUT2D eigenvalue weighted by molar-refractivity contribution is 5.54. The quantitative estimate of drug-likeness (QED) is 0.464. The molecule has 86 valence electrons. The molecular weight excluding hydrogens is 208 g/mol. The summed E-state index contributed by atoms with van der Waals surface area (Å²) in [6.45, 7) is 5.19. The van der Waals surface area contributed by atoms with Crippen molar-refractivity contribution in [2.75, 3.05) is 0 Å². The fourth-order valence-electron chi connectivity index (χ4n) is 1.53. The molecule has 1 atom stereocenters. The van der Waals surface area contributed by atoms with Crippen molar-refractivity contribution >= 4 is 5.69 Å². The third-order valence-electron chi connectivity index (χ3n) is 2.38. The van der Waals surface area contributed by atoms with Crippen LogP contribution in [0.4, 0.5) is 5.69 Å². The number of nitro benzene ring substituents is 1. The molecule has 5 heteroatoms. The van der Waals surface area contributed by atoms with E-state index in [1.54, 1.807) is 13.0 Å². The summed E-state index contributed by atoms with van der Waals surface area (Å²) in [5, 5.41) is 20.6. The molecule has 1 rings (SSSR count). The number of aryl methyl sites for hydroxylation is 1. The van der Waals surface area contributed by atoms with Gasteiger partial charge in [0.2, 0.25) is 0 Å². The van der Waals surface area contributed by atoms with Crippen LogP contribution >= 0.6 is 0 Å². The van der Waals surface area contributed by atoms with E-state index in [9.17, 15) is 15.2 Å². The number of phenolic OH excluding ortho intramolecular Hbond substituents is 1. The summed E-state index contributed by atoms with van der Waals surface area (Å²) in [7, 11) is 0. The molecule has 5 nitrogen and oxygen atoms in total. The molecule has 0 bridgehead atoms. The lowest BCUT2D eigenvalue weighted by Crippen LogP contribution is -2.12. The number of aromatic hydroxyl groups is 1. The standard InChI is InChI=1S/C11H14N2O3/c1-3-4-8(12)10-9(13(15)16)6-5-7(2)11(10)14/h3,5-6,8,14H,1,4,12H2,2H3/t8-/m1/s1. The average molecular weight is 222 g/mol. The van der Waals surface area contributed by atoms with Crippen molar-refractivity contribution in [1.29, 1.82) is 0 Å². The largest absolute Gasteiger partial charge is 0.507 e. The first-order valence-electron chi connectivity index (χ1n) is 4.82. The third-order valence-corrected chi connectivity index (χ3v) is 2.38. The van der Waals surface area contributed by atoms with Crippen molar-refractivity contribution in [2.24, 2.45) is 5.73 Å². The summed E-state index contributed by atoms with van der Waals surface area (Å²) in [6.07, 6.45) is 1.94. The molecule has 0 heterocycles. The zero-order valence-corrected chi connectivity index (χ0v) is 9.01. The van der Waals surface area contributed by atoms with E-state index in [1.807, 2.05) is 0 Å². The molecule has 0 saturated carbocycles. The third kappa shape index (κ3) is 2.20. The molecule has 1 aromatic rings. The van der Waals surface area contributed by atoms with Crippen LogP contribution in [0.1, 0.15) is 23.6 Å². The number of benzene rings is 1. The predicted molar refractivity (Wildman–Crippen MR) is 61.2 cm³/mol. The lowest BCUT2D eigenvalue weighted by Gasteiger charge is -2.13. The summed E-state index contributed by atoms with van der Waals surface area (Å²) < 4.78 is 0. The molecule has 0 aliphatic rings. The van der Waals surface area contributed by atoms with Gasteiger partial charge in [0, 0.05) is 12.1 Å². The topological polar surface area (TPSA) is 89.4 Å². The van der Waals surface area contributed by atoms with Crippen LogP contribution in [-0.4, -0.2) is 10.0 Å². The maximum absolute atomic E-state index is 10.8. The first-order chi connectivity index (χ1) is 7.49. The molecule has 0 amide bonds. The predicted octanol–water partition coefficient (Wildman–Crippen LogP) is 2.18. The van der Waals surface area contributed by atoms with Gasteiger partial charge in [-0.05, 0) is 25.0 Å². The van der Waals surface area contributed by atoms with Crippen molar-refractivity contribution in [3.63, 3.8) is 0 Å². The molecule has 0 radical (unpaired) electrons. The summed E-state index contributed by atoms with van der Waals surface area (Å²) in [6, 6.07) is 2.24. The van der Waals surface area contributed by atoms with Gasteiger partial charge in [0.15, 0.2) is 0 Å². The molecular formula is C11H14N2O3. The molecule has 1 aromatic carbocycles. The van der Waals surface area contributed by atoms with Gasteiger partial charge < -0.3 is 10.8 Å². The molecule has 0 spiro atoms. The van der Waals surface area contributed by atoms with Crippen molar-refractivity contribution in [3.05, 3.63) is 46.0 Å². The second-order valence-electron chi connectivity index (χ2n) is 3.55. The lowest BCUT2D eigenvalue weighted by molar-refractivity contribution is -0.385. The fourth-order valence-corrected chi connectivity index (χ4v) is 1.53. The van der Waals surface area contributed by atoms with Gasteiger partial charge >= 0.3 is 0 Å². The Bertz CT molecular complexity index is 429. The van der Waals surface area contributed by atoms with E-state index in [0.29, 0.717) is 12.0 Å². The van der Waals surface area contributed by atoms with E-state index in [0.717, 1.165) is 0 Å². The van der Waals surface area contributed by atoms with Crippen LogP contribution in [-0.2, 0) is 0 Å². The molecule has 0 saturated heterocycles. The van der Waals surface area contributed by atoms with Gasteiger partial charge in [0.25, 0.3) is 5.69 Å². The molecule has 0 aliphatic heterocycles. The minimum absolute atomic E-state index is 0.108. The number of nitro groups is 1. The second kappa shape index (κ2) is 4.76. The highest BCUT2D eigenvalue weighted by Crippen LogP contribution is 2.35. The van der Waals surface area contributed by atoms with Crippen LogP contribution < -0.4 is 5.73 Å². The Morgan fingerprint density at radius 1 is 1.69 bits per heavy atom. The SMILES string of the molecule is C=CC[C@@H](N)c1c([N+](=O)[O-])ccc(C)c1O. The minimum Gasteiger partial charge on any atom is -0.507 e. The van der Waals surface area contributed by atoms with Crippen molar-refractivity contribution < 1.29 is 10.0 Å². The molecule has 0 aliphatic carbocycles.